The van der Waals surface area contributed by atoms with Crippen LogP contribution in [0.2, 0.25) is 0 Å². The highest BCUT2D eigenvalue weighted by molar-refractivity contribution is 5.27. The van der Waals surface area contributed by atoms with E-state index in [1.54, 1.807) is 0 Å². The predicted octanol–water partition coefficient (Wildman–Crippen LogP) is 3.47. The molecule has 104 valence electrons. The molecule has 0 bridgehead atoms. The van der Waals surface area contributed by atoms with Crippen LogP contribution in [-0.2, 0) is 11.3 Å². The number of nitrogens with one attached hydrogen (secondary N) is 1. The van der Waals surface area contributed by atoms with E-state index in [4.69, 9.17) is 4.74 Å². The molecule has 1 aromatic rings. The van der Waals surface area contributed by atoms with Gasteiger partial charge in [-0.15, -0.1) is 0 Å². The first-order valence-electron chi connectivity index (χ1n) is 7.63. The molecule has 0 unspecified atom stereocenters. The Morgan fingerprint density at radius 2 is 1.84 bits per heavy atom. The lowest BCUT2D eigenvalue weighted by Gasteiger charge is -2.33. The molecule has 1 heterocycles. The fraction of sp³-hybridized carbons (Fsp3) is 0.647. The fourth-order valence-electron chi connectivity index (χ4n) is 2.87. The lowest BCUT2D eigenvalue weighted by atomic mass is 9.82. The second-order valence-corrected chi connectivity index (χ2v) is 6.54. The van der Waals surface area contributed by atoms with E-state index in [9.17, 15) is 0 Å². The summed E-state index contributed by atoms with van der Waals surface area (Å²) in [7, 11) is 0. The minimum Gasteiger partial charge on any atom is -0.381 e. The monoisotopic (exact) mass is 259 g/mol. The summed E-state index contributed by atoms with van der Waals surface area (Å²) in [6, 6.07) is 9.19. The van der Waals surface area contributed by atoms with Crippen molar-refractivity contribution in [2.75, 3.05) is 19.8 Å². The Kier molecular flexibility index (Phi) is 3.90. The van der Waals surface area contributed by atoms with E-state index in [1.807, 2.05) is 0 Å². The van der Waals surface area contributed by atoms with Crippen molar-refractivity contribution in [2.24, 2.45) is 5.41 Å². The zero-order valence-electron chi connectivity index (χ0n) is 12.0. The molecule has 1 N–H and O–H groups in total. The maximum atomic E-state index is 5.44. The van der Waals surface area contributed by atoms with Crippen molar-refractivity contribution in [3.63, 3.8) is 0 Å². The third kappa shape index (κ3) is 3.58. The highest BCUT2D eigenvalue weighted by Crippen LogP contribution is 2.39. The first-order valence-corrected chi connectivity index (χ1v) is 7.63. The van der Waals surface area contributed by atoms with Gasteiger partial charge in [-0.1, -0.05) is 31.2 Å². The van der Waals surface area contributed by atoms with Crippen molar-refractivity contribution in [1.29, 1.82) is 0 Å². The van der Waals surface area contributed by atoms with Crippen molar-refractivity contribution < 1.29 is 4.74 Å². The van der Waals surface area contributed by atoms with Gasteiger partial charge < -0.3 is 10.1 Å². The van der Waals surface area contributed by atoms with Crippen LogP contribution in [0.5, 0.6) is 0 Å². The second kappa shape index (κ2) is 5.64. The Hall–Kier alpha value is -0.860. The Balaban J connectivity index is 1.46. The standard InChI is InChI=1S/C17H25NO/c1-17(8-10-19-11-9-17)13-18-12-14-2-4-15(5-3-14)16-6-7-16/h2-5,16,18H,6-13H2,1H3. The number of benzene rings is 1. The van der Waals surface area contributed by atoms with Crippen LogP contribution >= 0.6 is 0 Å². The molecule has 1 aliphatic heterocycles. The van der Waals surface area contributed by atoms with Crippen LogP contribution < -0.4 is 5.32 Å². The van der Waals surface area contributed by atoms with E-state index < -0.39 is 0 Å². The molecule has 1 saturated heterocycles. The van der Waals surface area contributed by atoms with Crippen LogP contribution in [0.25, 0.3) is 0 Å². The maximum Gasteiger partial charge on any atom is 0.0471 e. The molecule has 2 aliphatic rings. The van der Waals surface area contributed by atoms with Crippen LogP contribution in [0.3, 0.4) is 0 Å². The van der Waals surface area contributed by atoms with E-state index in [0.29, 0.717) is 5.41 Å². The molecule has 0 radical (unpaired) electrons. The summed E-state index contributed by atoms with van der Waals surface area (Å²) in [4.78, 5) is 0. The SMILES string of the molecule is CC1(CNCc2ccc(C3CC3)cc2)CCOCC1. The molecule has 0 atom stereocenters. The molecular weight excluding hydrogens is 234 g/mol. The van der Waals surface area contributed by atoms with Gasteiger partial charge in [0, 0.05) is 26.3 Å². The molecule has 0 spiro atoms. The van der Waals surface area contributed by atoms with Crippen molar-refractivity contribution in [3.05, 3.63) is 35.4 Å². The van der Waals surface area contributed by atoms with Gasteiger partial charge >= 0.3 is 0 Å². The van der Waals surface area contributed by atoms with Crippen LogP contribution in [-0.4, -0.2) is 19.8 Å². The molecule has 1 aromatic carbocycles. The maximum absolute atomic E-state index is 5.44. The van der Waals surface area contributed by atoms with Crippen molar-refractivity contribution in [1.82, 2.24) is 5.32 Å². The summed E-state index contributed by atoms with van der Waals surface area (Å²) in [5.74, 6) is 0.864. The summed E-state index contributed by atoms with van der Waals surface area (Å²) in [6.07, 6.45) is 5.14. The first kappa shape index (κ1) is 13.1. The van der Waals surface area contributed by atoms with Crippen LogP contribution in [0.15, 0.2) is 24.3 Å². The Bertz CT molecular complexity index is 402. The van der Waals surface area contributed by atoms with Crippen LogP contribution in [0.4, 0.5) is 0 Å². The minimum absolute atomic E-state index is 0.423. The second-order valence-electron chi connectivity index (χ2n) is 6.54. The number of hydrogen-bond acceptors (Lipinski definition) is 2. The quantitative estimate of drug-likeness (QED) is 0.874. The summed E-state index contributed by atoms with van der Waals surface area (Å²) >= 11 is 0. The third-order valence-electron chi connectivity index (χ3n) is 4.61. The van der Waals surface area contributed by atoms with Crippen molar-refractivity contribution >= 4 is 0 Å². The van der Waals surface area contributed by atoms with Gasteiger partial charge in [0.05, 0.1) is 0 Å². The van der Waals surface area contributed by atoms with Gasteiger partial charge in [0.25, 0.3) is 0 Å². The van der Waals surface area contributed by atoms with Gasteiger partial charge in [-0.25, -0.2) is 0 Å². The zero-order chi connectivity index (χ0) is 13.1. The largest absolute Gasteiger partial charge is 0.381 e. The van der Waals surface area contributed by atoms with Crippen molar-refractivity contribution in [3.8, 4) is 0 Å². The molecule has 2 nitrogen and oxygen atoms in total. The lowest BCUT2D eigenvalue weighted by Crippen LogP contribution is -2.36. The lowest BCUT2D eigenvalue weighted by molar-refractivity contribution is 0.0240. The molecule has 1 saturated carbocycles. The van der Waals surface area contributed by atoms with E-state index in [0.717, 1.165) is 32.2 Å². The highest BCUT2D eigenvalue weighted by atomic mass is 16.5. The number of rotatable bonds is 5. The molecule has 3 rings (SSSR count). The van der Waals surface area contributed by atoms with Gasteiger partial charge in [-0.05, 0) is 48.1 Å². The van der Waals surface area contributed by atoms with Gasteiger partial charge in [0.15, 0.2) is 0 Å². The van der Waals surface area contributed by atoms with Crippen molar-refractivity contribution in [2.45, 2.75) is 45.1 Å². The summed E-state index contributed by atoms with van der Waals surface area (Å²) in [5, 5.41) is 3.62. The van der Waals surface area contributed by atoms with Gasteiger partial charge in [0.2, 0.25) is 0 Å². The molecule has 0 amide bonds. The average Bonchev–Trinajstić information content (AvgIpc) is 3.25. The summed E-state index contributed by atoms with van der Waals surface area (Å²) in [6.45, 7) is 6.31. The average molecular weight is 259 g/mol. The van der Waals surface area contributed by atoms with E-state index in [-0.39, 0.29) is 0 Å². The molecule has 19 heavy (non-hydrogen) atoms. The molecule has 1 aliphatic carbocycles. The van der Waals surface area contributed by atoms with E-state index >= 15 is 0 Å². The van der Waals surface area contributed by atoms with Crippen LogP contribution in [0.1, 0.15) is 49.7 Å². The smallest absolute Gasteiger partial charge is 0.0471 e. The number of hydrogen-bond donors (Lipinski definition) is 1. The normalized spacial score (nSPS) is 22.4. The third-order valence-corrected chi connectivity index (χ3v) is 4.61. The van der Waals surface area contributed by atoms with Crippen LogP contribution in [0, 0.1) is 5.41 Å². The molecule has 0 aromatic heterocycles. The van der Waals surface area contributed by atoms with E-state index in [1.165, 1.54) is 36.8 Å². The molecule has 2 heteroatoms. The zero-order valence-corrected chi connectivity index (χ0v) is 12.0. The topological polar surface area (TPSA) is 21.3 Å². The highest BCUT2D eigenvalue weighted by Gasteiger charge is 2.26. The summed E-state index contributed by atoms with van der Waals surface area (Å²) in [5.41, 5.74) is 3.35. The molecular formula is C17H25NO. The van der Waals surface area contributed by atoms with E-state index in [2.05, 4.69) is 36.5 Å². The minimum atomic E-state index is 0.423. The summed E-state index contributed by atoms with van der Waals surface area (Å²) < 4.78 is 5.44. The molecule has 2 fully saturated rings. The Morgan fingerprint density at radius 1 is 1.16 bits per heavy atom. The Morgan fingerprint density at radius 3 is 2.47 bits per heavy atom. The fourth-order valence-corrected chi connectivity index (χ4v) is 2.87. The first-order chi connectivity index (χ1) is 9.25. The predicted molar refractivity (Wildman–Crippen MR) is 78.3 cm³/mol. The van der Waals surface area contributed by atoms with Gasteiger partial charge in [-0.2, -0.15) is 0 Å². The number of ether oxygens (including phenoxy) is 1. The van der Waals surface area contributed by atoms with Gasteiger partial charge in [-0.3, -0.25) is 0 Å². The van der Waals surface area contributed by atoms with Gasteiger partial charge in [0.1, 0.15) is 0 Å². The Labute approximate surface area is 116 Å².